The van der Waals surface area contributed by atoms with E-state index in [9.17, 15) is 24.3 Å². The minimum atomic E-state index is -1.26. The number of amides is 4. The fourth-order valence-electron chi connectivity index (χ4n) is 6.95. The summed E-state index contributed by atoms with van der Waals surface area (Å²) in [6.07, 6.45) is -1.50. The lowest BCUT2D eigenvalue weighted by Gasteiger charge is -2.46. The summed E-state index contributed by atoms with van der Waals surface area (Å²) >= 11 is 1.58. The van der Waals surface area contributed by atoms with Gasteiger partial charge in [0.25, 0.3) is 0 Å². The zero-order valence-electron chi connectivity index (χ0n) is 30.7. The zero-order valence-corrected chi connectivity index (χ0v) is 31.5. The SMILES string of the molecule is C[C@@H](O)[C@H](NC(=O)OCC1c2ccccc2-c2ccccc21)C(=O)N1CCSC12CCCN(C(=O)[C@H](COC(C)(C)C)NC(=O)OC(C)(C)C)C2. The van der Waals surface area contributed by atoms with Crippen LogP contribution in [0.4, 0.5) is 9.59 Å². The smallest absolute Gasteiger partial charge is 0.408 e. The van der Waals surface area contributed by atoms with E-state index in [0.29, 0.717) is 31.7 Å². The molecule has 0 aromatic heterocycles. The van der Waals surface area contributed by atoms with Gasteiger partial charge in [-0.15, -0.1) is 11.8 Å². The van der Waals surface area contributed by atoms with Crippen LogP contribution in [-0.2, 0) is 23.8 Å². The first-order valence-corrected chi connectivity index (χ1v) is 18.6. The summed E-state index contributed by atoms with van der Waals surface area (Å²) in [7, 11) is 0. The third-order valence-corrected chi connectivity index (χ3v) is 10.7. The van der Waals surface area contributed by atoms with Crippen LogP contribution < -0.4 is 10.6 Å². The van der Waals surface area contributed by atoms with Crippen LogP contribution in [0, 0.1) is 0 Å². The quantitative estimate of drug-likeness (QED) is 0.330. The molecule has 278 valence electrons. The van der Waals surface area contributed by atoms with Gasteiger partial charge >= 0.3 is 12.2 Å². The Morgan fingerprint density at radius 3 is 2.12 bits per heavy atom. The second-order valence-corrected chi connectivity index (χ2v) is 16.9. The van der Waals surface area contributed by atoms with Gasteiger partial charge in [-0.1, -0.05) is 48.5 Å². The van der Waals surface area contributed by atoms with E-state index in [4.69, 9.17) is 14.2 Å². The van der Waals surface area contributed by atoms with Crippen LogP contribution >= 0.6 is 11.8 Å². The number of carbonyl (C=O) groups excluding carboxylic acids is 4. The Labute approximate surface area is 304 Å². The Morgan fingerprint density at radius 2 is 1.53 bits per heavy atom. The number of carbonyl (C=O) groups is 4. The fourth-order valence-corrected chi connectivity index (χ4v) is 8.48. The van der Waals surface area contributed by atoms with E-state index in [2.05, 4.69) is 22.8 Å². The van der Waals surface area contributed by atoms with E-state index in [1.807, 2.05) is 57.2 Å². The third-order valence-electron chi connectivity index (χ3n) is 9.23. The first kappa shape index (κ1) is 38.4. The number of likely N-dealkylation sites (tertiary alicyclic amines) is 1. The van der Waals surface area contributed by atoms with Gasteiger partial charge in [0.2, 0.25) is 11.8 Å². The van der Waals surface area contributed by atoms with Crippen molar-refractivity contribution in [3.8, 4) is 11.1 Å². The summed E-state index contributed by atoms with van der Waals surface area (Å²) in [5, 5.41) is 16.1. The van der Waals surface area contributed by atoms with E-state index < -0.39 is 52.4 Å². The minimum absolute atomic E-state index is 0.0605. The molecule has 13 heteroatoms. The third kappa shape index (κ3) is 9.17. The first-order valence-electron chi connectivity index (χ1n) is 17.7. The molecule has 12 nitrogen and oxygen atoms in total. The molecule has 2 heterocycles. The molecule has 0 radical (unpaired) electrons. The predicted octanol–water partition coefficient (Wildman–Crippen LogP) is 4.88. The minimum Gasteiger partial charge on any atom is -0.449 e. The van der Waals surface area contributed by atoms with Crippen LogP contribution in [0.25, 0.3) is 11.1 Å². The lowest BCUT2D eigenvalue weighted by atomic mass is 9.98. The Kier molecular flexibility index (Phi) is 11.6. The molecule has 1 unspecified atom stereocenters. The van der Waals surface area contributed by atoms with Crippen LogP contribution in [0.3, 0.4) is 0 Å². The van der Waals surface area contributed by atoms with Gasteiger partial charge in [0.05, 0.1) is 24.9 Å². The average Bonchev–Trinajstić information content (AvgIpc) is 3.60. The Morgan fingerprint density at radius 1 is 0.902 bits per heavy atom. The number of aliphatic hydroxyl groups is 1. The number of nitrogens with one attached hydrogen (secondary N) is 2. The van der Waals surface area contributed by atoms with Gasteiger partial charge in [-0.3, -0.25) is 9.59 Å². The van der Waals surface area contributed by atoms with Crippen molar-refractivity contribution in [3.05, 3.63) is 59.7 Å². The highest BCUT2D eigenvalue weighted by atomic mass is 32.2. The van der Waals surface area contributed by atoms with Crippen LogP contribution in [0.2, 0.25) is 0 Å². The van der Waals surface area contributed by atoms with Crippen LogP contribution in [-0.4, -0.2) is 112 Å². The maximum Gasteiger partial charge on any atom is 0.408 e. The fraction of sp³-hybridized carbons (Fsp3) is 0.579. The first-order chi connectivity index (χ1) is 24.0. The summed E-state index contributed by atoms with van der Waals surface area (Å²) < 4.78 is 17.1. The Bertz CT molecular complexity index is 1560. The number of hydrogen-bond acceptors (Lipinski definition) is 9. The molecule has 1 spiro atoms. The van der Waals surface area contributed by atoms with Crippen LogP contribution in [0.1, 0.15) is 78.4 Å². The van der Waals surface area contributed by atoms with Crippen LogP contribution in [0.5, 0.6) is 0 Å². The highest BCUT2D eigenvalue weighted by Crippen LogP contribution is 2.45. The van der Waals surface area contributed by atoms with Crippen molar-refractivity contribution in [3.63, 3.8) is 0 Å². The number of benzene rings is 2. The highest BCUT2D eigenvalue weighted by molar-refractivity contribution is 8.00. The predicted molar refractivity (Wildman–Crippen MR) is 195 cm³/mol. The largest absolute Gasteiger partial charge is 0.449 e. The van der Waals surface area contributed by atoms with E-state index in [0.717, 1.165) is 22.3 Å². The molecular weight excluding hydrogens is 673 g/mol. The van der Waals surface area contributed by atoms with Crippen molar-refractivity contribution in [1.82, 2.24) is 20.4 Å². The molecule has 3 N–H and O–H groups in total. The number of alkyl carbamates (subject to hydrolysis) is 2. The lowest BCUT2D eigenvalue weighted by Crippen LogP contribution is -2.63. The van der Waals surface area contributed by atoms with E-state index in [1.54, 1.807) is 42.3 Å². The Hall–Kier alpha value is -3.81. The van der Waals surface area contributed by atoms with Gasteiger partial charge in [0.1, 0.15) is 29.2 Å². The second kappa shape index (κ2) is 15.4. The normalized spacial score (nSPS) is 20.6. The number of hydrogen-bond donors (Lipinski definition) is 3. The number of fused-ring (bicyclic) bond motifs is 3. The summed E-state index contributed by atoms with van der Waals surface area (Å²) in [6, 6.07) is 13.8. The zero-order chi connectivity index (χ0) is 37.1. The monoisotopic (exact) mass is 724 g/mol. The number of piperidine rings is 1. The number of ether oxygens (including phenoxy) is 3. The molecule has 0 saturated carbocycles. The van der Waals surface area contributed by atoms with Gasteiger partial charge < -0.3 is 39.8 Å². The highest BCUT2D eigenvalue weighted by Gasteiger charge is 2.50. The van der Waals surface area contributed by atoms with Crippen LogP contribution in [0.15, 0.2) is 48.5 Å². The molecule has 2 aliphatic heterocycles. The topological polar surface area (TPSA) is 147 Å². The van der Waals surface area contributed by atoms with Crippen molar-refractivity contribution in [2.75, 3.05) is 38.6 Å². The summed E-state index contributed by atoms with van der Waals surface area (Å²) in [5.41, 5.74) is 3.02. The standard InChI is InChI=1S/C38H52N4O8S/c1-24(43)31(40-34(46)48-21-29-27-15-10-8-13-25(27)26-14-9-11-16-28(26)29)33(45)42-19-20-51-38(42)17-12-18-41(23-38)32(44)30(22-49-36(2,3)4)39-35(47)50-37(5,6)7/h8-11,13-16,24,29-31,43H,12,17-23H2,1-7H3,(H,39,47)(H,40,46)/t24-,30+,31+,38?/m1/s1. The summed E-state index contributed by atoms with van der Waals surface area (Å²) in [4.78, 5) is 56.7. The number of thioether (sulfide) groups is 1. The summed E-state index contributed by atoms with van der Waals surface area (Å²) in [6.45, 7) is 13.3. The number of nitrogens with zero attached hydrogens (tertiary/aromatic N) is 2. The lowest BCUT2D eigenvalue weighted by molar-refractivity contribution is -0.145. The number of aliphatic hydroxyl groups excluding tert-OH is 1. The molecule has 2 saturated heterocycles. The van der Waals surface area contributed by atoms with Gasteiger partial charge in [-0.2, -0.15) is 0 Å². The van der Waals surface area contributed by atoms with E-state index in [-0.39, 0.29) is 31.6 Å². The number of rotatable bonds is 9. The van der Waals surface area contributed by atoms with Gasteiger partial charge in [-0.05, 0) is 83.6 Å². The van der Waals surface area contributed by atoms with Crippen molar-refractivity contribution in [2.24, 2.45) is 0 Å². The van der Waals surface area contributed by atoms with Gasteiger partial charge in [0.15, 0.2) is 0 Å². The second-order valence-electron chi connectivity index (χ2n) is 15.5. The van der Waals surface area contributed by atoms with E-state index in [1.165, 1.54) is 6.92 Å². The average molecular weight is 725 g/mol. The molecule has 3 aliphatic rings. The molecular formula is C38H52N4O8S. The van der Waals surface area contributed by atoms with Crippen molar-refractivity contribution in [2.45, 2.75) is 101 Å². The van der Waals surface area contributed by atoms with Gasteiger partial charge in [-0.25, -0.2) is 9.59 Å². The molecule has 4 atom stereocenters. The Balaban J connectivity index is 1.26. The molecule has 0 bridgehead atoms. The summed E-state index contributed by atoms with van der Waals surface area (Å²) in [5.74, 6) is -0.321. The molecule has 5 rings (SSSR count). The van der Waals surface area contributed by atoms with Crippen molar-refractivity contribution < 1.29 is 38.5 Å². The molecule has 51 heavy (non-hydrogen) atoms. The molecule has 2 aromatic carbocycles. The molecule has 2 aromatic rings. The maximum absolute atomic E-state index is 14.2. The van der Waals surface area contributed by atoms with E-state index >= 15 is 0 Å². The molecule has 4 amide bonds. The molecule has 1 aliphatic carbocycles. The molecule has 2 fully saturated rings. The van der Waals surface area contributed by atoms with Crippen molar-refractivity contribution >= 4 is 35.8 Å². The van der Waals surface area contributed by atoms with Gasteiger partial charge in [0, 0.05) is 24.8 Å². The maximum atomic E-state index is 14.2. The van der Waals surface area contributed by atoms with Crippen molar-refractivity contribution in [1.29, 1.82) is 0 Å².